The van der Waals surface area contributed by atoms with E-state index < -0.39 is 15.9 Å². The fourth-order valence-corrected chi connectivity index (χ4v) is 3.82. The van der Waals surface area contributed by atoms with Gasteiger partial charge in [0.05, 0.1) is 4.90 Å². The minimum absolute atomic E-state index is 0.0108. The molecule has 7 nitrogen and oxygen atoms in total. The number of carbonyl (C=O) groups excluding carboxylic acids is 1. The van der Waals surface area contributed by atoms with E-state index in [-0.39, 0.29) is 22.7 Å². The lowest BCUT2D eigenvalue weighted by Crippen LogP contribution is -2.28. The predicted octanol–water partition coefficient (Wildman–Crippen LogP) is 1.71. The van der Waals surface area contributed by atoms with Crippen molar-refractivity contribution in [2.24, 2.45) is 0 Å². The molecule has 0 aliphatic carbocycles. The van der Waals surface area contributed by atoms with Gasteiger partial charge in [-0.2, -0.15) is 0 Å². The summed E-state index contributed by atoms with van der Waals surface area (Å²) in [4.78, 5) is 27.3. The van der Waals surface area contributed by atoms with Gasteiger partial charge in [0.1, 0.15) is 5.69 Å². The maximum atomic E-state index is 12.5. The molecule has 1 heterocycles. The van der Waals surface area contributed by atoms with Crippen LogP contribution in [-0.2, 0) is 16.6 Å². The Kier molecular flexibility index (Phi) is 5.11. The van der Waals surface area contributed by atoms with Crippen LogP contribution in [0.25, 0.3) is 10.8 Å². The summed E-state index contributed by atoms with van der Waals surface area (Å²) in [5.74, 6) is -0.491. The maximum absolute atomic E-state index is 12.5. The number of nitrogens with zero attached hydrogens (tertiary/aromatic N) is 1. The van der Waals surface area contributed by atoms with E-state index >= 15 is 0 Å². The summed E-state index contributed by atoms with van der Waals surface area (Å²) in [5, 5.41) is 3.82. The number of fused-ring (bicyclic) bond motifs is 1. The van der Waals surface area contributed by atoms with Crippen LogP contribution in [0.4, 0.5) is 0 Å². The second-order valence-corrected chi connectivity index (χ2v) is 8.30. The standard InChI is InChI=1S/C19H19N3O4S/c1-22(2)27(25,26)17-10-6-4-8-14(17)12-20-19(24)16-11-13-7-3-5-9-15(13)18(23)21-16/h3-11H,12H2,1-2H3,(H,20,24)(H,21,23). The molecule has 3 aromatic rings. The summed E-state index contributed by atoms with van der Waals surface area (Å²) < 4.78 is 26.0. The fourth-order valence-electron chi connectivity index (χ4n) is 2.70. The Morgan fingerprint density at radius 2 is 1.74 bits per heavy atom. The highest BCUT2D eigenvalue weighted by Crippen LogP contribution is 2.18. The van der Waals surface area contributed by atoms with Crippen LogP contribution in [0, 0.1) is 0 Å². The summed E-state index contributed by atoms with van der Waals surface area (Å²) in [6.07, 6.45) is 0. The number of sulfonamides is 1. The largest absolute Gasteiger partial charge is 0.347 e. The molecule has 1 amide bonds. The van der Waals surface area contributed by atoms with Gasteiger partial charge in [0.15, 0.2) is 0 Å². The first-order chi connectivity index (χ1) is 12.8. The number of hydrogen-bond acceptors (Lipinski definition) is 4. The molecule has 2 aromatic carbocycles. The lowest BCUT2D eigenvalue weighted by molar-refractivity contribution is 0.0945. The smallest absolute Gasteiger partial charge is 0.268 e. The van der Waals surface area contributed by atoms with Crippen molar-refractivity contribution in [3.05, 3.63) is 76.2 Å². The number of amides is 1. The molecule has 0 fully saturated rings. The monoisotopic (exact) mass is 385 g/mol. The molecule has 0 bridgehead atoms. The van der Waals surface area contributed by atoms with Crippen molar-refractivity contribution in [1.29, 1.82) is 0 Å². The molecule has 0 radical (unpaired) electrons. The minimum Gasteiger partial charge on any atom is -0.347 e. The van der Waals surface area contributed by atoms with E-state index in [1.54, 1.807) is 48.5 Å². The van der Waals surface area contributed by atoms with Gasteiger partial charge in [-0.1, -0.05) is 36.4 Å². The zero-order valence-corrected chi connectivity index (χ0v) is 15.7. The summed E-state index contributed by atoms with van der Waals surface area (Å²) >= 11 is 0. The molecule has 8 heteroatoms. The molecular weight excluding hydrogens is 366 g/mol. The quantitative estimate of drug-likeness (QED) is 0.698. The molecule has 27 heavy (non-hydrogen) atoms. The van der Waals surface area contributed by atoms with Crippen molar-refractivity contribution >= 4 is 26.7 Å². The average Bonchev–Trinajstić information content (AvgIpc) is 2.66. The van der Waals surface area contributed by atoms with Crippen LogP contribution >= 0.6 is 0 Å². The third kappa shape index (κ3) is 3.76. The average molecular weight is 385 g/mol. The van der Waals surface area contributed by atoms with Gasteiger partial charge < -0.3 is 10.3 Å². The number of benzene rings is 2. The van der Waals surface area contributed by atoms with Crippen LogP contribution in [0.1, 0.15) is 16.1 Å². The number of carbonyl (C=O) groups is 1. The normalized spacial score (nSPS) is 11.7. The highest BCUT2D eigenvalue weighted by atomic mass is 32.2. The van der Waals surface area contributed by atoms with Crippen molar-refractivity contribution in [2.45, 2.75) is 11.4 Å². The van der Waals surface area contributed by atoms with Gasteiger partial charge in [0, 0.05) is 26.0 Å². The summed E-state index contributed by atoms with van der Waals surface area (Å²) in [6, 6.07) is 15.0. The number of pyridine rings is 1. The molecule has 0 spiro atoms. The van der Waals surface area contributed by atoms with Crippen LogP contribution in [0.15, 0.2) is 64.3 Å². The first-order valence-corrected chi connectivity index (χ1v) is 9.65. The number of nitrogens with one attached hydrogen (secondary N) is 2. The topological polar surface area (TPSA) is 99.3 Å². The first-order valence-electron chi connectivity index (χ1n) is 8.21. The summed E-state index contributed by atoms with van der Waals surface area (Å²) in [6.45, 7) is 0.0108. The van der Waals surface area contributed by atoms with Gasteiger partial charge in [-0.25, -0.2) is 12.7 Å². The van der Waals surface area contributed by atoms with Gasteiger partial charge in [-0.15, -0.1) is 0 Å². The molecule has 0 saturated carbocycles. The van der Waals surface area contributed by atoms with Gasteiger partial charge >= 0.3 is 0 Å². The van der Waals surface area contributed by atoms with Crippen molar-refractivity contribution in [1.82, 2.24) is 14.6 Å². The number of aromatic nitrogens is 1. The SMILES string of the molecule is CN(C)S(=O)(=O)c1ccccc1CNC(=O)c1cc2ccccc2c(=O)[nH]1. The van der Waals surface area contributed by atoms with Crippen LogP contribution < -0.4 is 10.9 Å². The van der Waals surface area contributed by atoms with Crippen LogP contribution in [0.2, 0.25) is 0 Å². The molecule has 0 atom stereocenters. The van der Waals surface area contributed by atoms with E-state index in [4.69, 9.17) is 0 Å². The Morgan fingerprint density at radius 1 is 1.07 bits per heavy atom. The second kappa shape index (κ2) is 7.34. The number of H-pyrrole nitrogens is 1. The summed E-state index contributed by atoms with van der Waals surface area (Å²) in [5.41, 5.74) is 0.225. The zero-order valence-electron chi connectivity index (χ0n) is 14.9. The molecule has 140 valence electrons. The van der Waals surface area contributed by atoms with Gasteiger partial charge in [0.2, 0.25) is 10.0 Å². The van der Waals surface area contributed by atoms with E-state index in [1.807, 2.05) is 0 Å². The molecule has 3 rings (SSSR count). The Hall–Kier alpha value is -2.97. The molecule has 1 aromatic heterocycles. The van der Waals surface area contributed by atoms with Crippen molar-refractivity contribution in [2.75, 3.05) is 14.1 Å². The summed E-state index contributed by atoms with van der Waals surface area (Å²) in [7, 11) is -0.734. The Morgan fingerprint density at radius 3 is 2.48 bits per heavy atom. The number of rotatable bonds is 5. The van der Waals surface area contributed by atoms with Crippen LogP contribution in [0.3, 0.4) is 0 Å². The maximum Gasteiger partial charge on any atom is 0.268 e. The van der Waals surface area contributed by atoms with Gasteiger partial charge in [-0.05, 0) is 29.1 Å². The lowest BCUT2D eigenvalue weighted by Gasteiger charge is -2.15. The Labute approximate surface area is 156 Å². The van der Waals surface area contributed by atoms with Crippen molar-refractivity contribution < 1.29 is 13.2 Å². The van der Waals surface area contributed by atoms with Gasteiger partial charge in [0.25, 0.3) is 11.5 Å². The molecule has 0 aliphatic rings. The van der Waals surface area contributed by atoms with E-state index in [1.165, 1.54) is 20.2 Å². The highest BCUT2D eigenvalue weighted by Gasteiger charge is 2.21. The lowest BCUT2D eigenvalue weighted by atomic mass is 10.1. The zero-order chi connectivity index (χ0) is 19.6. The molecule has 0 aliphatic heterocycles. The van der Waals surface area contributed by atoms with E-state index in [0.29, 0.717) is 16.3 Å². The fraction of sp³-hybridized carbons (Fsp3) is 0.158. The van der Waals surface area contributed by atoms with E-state index in [2.05, 4.69) is 10.3 Å². The molecular formula is C19H19N3O4S. The number of aromatic amines is 1. The van der Waals surface area contributed by atoms with Crippen molar-refractivity contribution in [3.63, 3.8) is 0 Å². The minimum atomic E-state index is -3.63. The Balaban J connectivity index is 1.86. The van der Waals surface area contributed by atoms with E-state index in [9.17, 15) is 18.0 Å². The van der Waals surface area contributed by atoms with E-state index in [0.717, 1.165) is 4.31 Å². The molecule has 0 saturated heterocycles. The highest BCUT2D eigenvalue weighted by molar-refractivity contribution is 7.89. The van der Waals surface area contributed by atoms with Crippen LogP contribution in [-0.4, -0.2) is 37.7 Å². The molecule has 2 N–H and O–H groups in total. The third-order valence-electron chi connectivity index (χ3n) is 4.17. The second-order valence-electron chi connectivity index (χ2n) is 6.18. The Bertz CT molecular complexity index is 1170. The van der Waals surface area contributed by atoms with Crippen LogP contribution in [0.5, 0.6) is 0 Å². The number of hydrogen-bond donors (Lipinski definition) is 2. The molecule has 0 unspecified atom stereocenters. The first kappa shape index (κ1) is 18.8. The predicted molar refractivity (Wildman–Crippen MR) is 103 cm³/mol. The van der Waals surface area contributed by atoms with Gasteiger partial charge in [-0.3, -0.25) is 9.59 Å². The van der Waals surface area contributed by atoms with Crippen molar-refractivity contribution in [3.8, 4) is 0 Å². The third-order valence-corrected chi connectivity index (χ3v) is 6.08.